The monoisotopic (exact) mass is 288 g/mol. The van der Waals surface area contributed by atoms with E-state index in [-0.39, 0.29) is 5.56 Å². The van der Waals surface area contributed by atoms with Crippen LogP contribution in [0.5, 0.6) is 0 Å². The highest BCUT2D eigenvalue weighted by molar-refractivity contribution is 5.94. The van der Waals surface area contributed by atoms with Crippen LogP contribution in [0.3, 0.4) is 0 Å². The van der Waals surface area contributed by atoms with Gasteiger partial charge in [0, 0.05) is 25.0 Å². The van der Waals surface area contributed by atoms with Gasteiger partial charge in [-0.05, 0) is 19.8 Å². The predicted octanol–water partition coefficient (Wildman–Crippen LogP) is 2.80. The Balaban J connectivity index is 2.04. The number of nitrogens with zero attached hydrogens (tertiary/aromatic N) is 4. The van der Waals surface area contributed by atoms with Crippen LogP contribution < -0.4 is 0 Å². The molecule has 21 heavy (non-hydrogen) atoms. The van der Waals surface area contributed by atoms with Gasteiger partial charge in [-0.3, -0.25) is 9.36 Å². The smallest absolute Gasteiger partial charge is 0.339 e. The summed E-state index contributed by atoms with van der Waals surface area (Å²) in [6.45, 7) is 1.88. The maximum Gasteiger partial charge on any atom is 0.339 e. The number of aromatic nitrogens is 4. The Morgan fingerprint density at radius 2 is 1.95 bits per heavy atom. The van der Waals surface area contributed by atoms with Crippen molar-refractivity contribution < 1.29 is 9.90 Å². The third kappa shape index (κ3) is 2.57. The molecule has 2 aromatic rings. The van der Waals surface area contributed by atoms with Crippen molar-refractivity contribution in [1.82, 2.24) is 19.6 Å². The van der Waals surface area contributed by atoms with Gasteiger partial charge < -0.3 is 5.11 Å². The normalized spacial score (nSPS) is 16.3. The molecule has 1 aliphatic rings. The second kappa shape index (κ2) is 5.35. The van der Waals surface area contributed by atoms with Gasteiger partial charge in [0.2, 0.25) is 0 Å². The van der Waals surface area contributed by atoms with Gasteiger partial charge in [-0.15, -0.1) is 0 Å². The lowest BCUT2D eigenvalue weighted by molar-refractivity contribution is 0.0697. The van der Waals surface area contributed by atoms with Gasteiger partial charge in [0.15, 0.2) is 0 Å². The third-order valence-electron chi connectivity index (χ3n) is 4.18. The Morgan fingerprint density at radius 1 is 1.24 bits per heavy atom. The number of aromatic carboxylic acids is 1. The van der Waals surface area contributed by atoms with E-state index in [1.165, 1.54) is 19.3 Å². The summed E-state index contributed by atoms with van der Waals surface area (Å²) in [5.41, 5.74) is 2.38. The lowest BCUT2D eigenvalue weighted by atomic mass is 9.96. The maximum absolute atomic E-state index is 11.5. The number of carboxylic acid groups (broad SMARTS) is 1. The van der Waals surface area contributed by atoms with E-state index in [0.29, 0.717) is 11.7 Å². The summed E-state index contributed by atoms with van der Waals surface area (Å²) in [6, 6.07) is 0.322. The minimum absolute atomic E-state index is 0.261. The van der Waals surface area contributed by atoms with Crippen LogP contribution in [-0.2, 0) is 7.05 Å². The molecule has 0 aliphatic heterocycles. The van der Waals surface area contributed by atoms with Gasteiger partial charge in [-0.1, -0.05) is 19.3 Å². The molecule has 1 aliphatic carbocycles. The van der Waals surface area contributed by atoms with Crippen LogP contribution in [0, 0.1) is 6.92 Å². The topological polar surface area (TPSA) is 72.9 Å². The average molecular weight is 288 g/mol. The van der Waals surface area contributed by atoms with E-state index < -0.39 is 5.97 Å². The molecular formula is C15H20N4O2. The van der Waals surface area contributed by atoms with Crippen LogP contribution in [-0.4, -0.2) is 30.6 Å². The Morgan fingerprint density at radius 3 is 2.52 bits per heavy atom. The van der Waals surface area contributed by atoms with E-state index in [9.17, 15) is 9.90 Å². The molecule has 112 valence electrons. The standard InChI is InChI=1S/C15H20N4O2/c1-10-12(8-18(2)16-10)14-13(15(20)21)9-19(17-14)11-6-4-3-5-7-11/h8-9,11H,3-7H2,1-2H3,(H,20,21). The molecule has 2 heterocycles. The molecule has 0 aromatic carbocycles. The van der Waals surface area contributed by atoms with E-state index in [2.05, 4.69) is 10.2 Å². The molecule has 0 saturated heterocycles. The minimum Gasteiger partial charge on any atom is -0.478 e. The molecule has 1 N–H and O–H groups in total. The molecular weight excluding hydrogens is 268 g/mol. The highest BCUT2D eigenvalue weighted by Crippen LogP contribution is 2.31. The summed E-state index contributed by atoms with van der Waals surface area (Å²) >= 11 is 0. The number of hydrogen-bond donors (Lipinski definition) is 1. The molecule has 6 heteroatoms. The molecule has 0 bridgehead atoms. The first-order valence-electron chi connectivity index (χ1n) is 7.39. The molecule has 3 rings (SSSR count). The quantitative estimate of drug-likeness (QED) is 0.942. The molecule has 1 fully saturated rings. The number of carboxylic acids is 1. The van der Waals surface area contributed by atoms with Gasteiger partial charge in [-0.25, -0.2) is 4.79 Å². The first-order chi connectivity index (χ1) is 10.1. The van der Waals surface area contributed by atoms with Crippen molar-refractivity contribution in [2.24, 2.45) is 7.05 Å². The van der Waals surface area contributed by atoms with Gasteiger partial charge in [0.25, 0.3) is 0 Å². The van der Waals surface area contributed by atoms with Crippen molar-refractivity contribution in [2.75, 3.05) is 0 Å². The zero-order chi connectivity index (χ0) is 15.0. The average Bonchev–Trinajstić information content (AvgIpc) is 3.03. The predicted molar refractivity (Wildman–Crippen MR) is 78.2 cm³/mol. The molecule has 6 nitrogen and oxygen atoms in total. The Kier molecular flexibility index (Phi) is 3.53. The Bertz CT molecular complexity index is 665. The lowest BCUT2D eigenvalue weighted by Crippen LogP contribution is -2.13. The second-order valence-electron chi connectivity index (χ2n) is 5.77. The first kappa shape index (κ1) is 13.9. The lowest BCUT2D eigenvalue weighted by Gasteiger charge is -2.21. The van der Waals surface area contributed by atoms with E-state index in [1.54, 1.807) is 10.9 Å². The Hall–Kier alpha value is -2.11. The van der Waals surface area contributed by atoms with Crippen LogP contribution in [0.1, 0.15) is 54.2 Å². The summed E-state index contributed by atoms with van der Waals surface area (Å²) in [5, 5.41) is 18.3. The first-order valence-corrected chi connectivity index (χ1v) is 7.39. The van der Waals surface area contributed by atoms with Crippen LogP contribution in [0.2, 0.25) is 0 Å². The number of rotatable bonds is 3. The van der Waals surface area contributed by atoms with Crippen LogP contribution >= 0.6 is 0 Å². The second-order valence-corrected chi connectivity index (χ2v) is 5.77. The Labute approximate surface area is 123 Å². The van der Waals surface area contributed by atoms with Gasteiger partial charge >= 0.3 is 5.97 Å². The largest absolute Gasteiger partial charge is 0.478 e. The summed E-state index contributed by atoms with van der Waals surface area (Å²) < 4.78 is 3.54. The molecule has 0 spiro atoms. The summed E-state index contributed by atoms with van der Waals surface area (Å²) in [7, 11) is 1.83. The summed E-state index contributed by atoms with van der Waals surface area (Å²) in [5.74, 6) is -0.935. The summed E-state index contributed by atoms with van der Waals surface area (Å²) in [6.07, 6.45) is 9.30. The fourth-order valence-electron chi connectivity index (χ4n) is 3.11. The van der Waals surface area contributed by atoms with Crippen molar-refractivity contribution in [1.29, 1.82) is 0 Å². The zero-order valence-electron chi connectivity index (χ0n) is 12.4. The van der Waals surface area contributed by atoms with Crippen molar-refractivity contribution in [3.8, 4) is 11.3 Å². The van der Waals surface area contributed by atoms with Crippen LogP contribution in [0.4, 0.5) is 0 Å². The van der Waals surface area contributed by atoms with Gasteiger partial charge in [-0.2, -0.15) is 10.2 Å². The van der Waals surface area contributed by atoms with Crippen molar-refractivity contribution >= 4 is 5.97 Å². The molecule has 0 unspecified atom stereocenters. The van der Waals surface area contributed by atoms with Crippen LogP contribution in [0.15, 0.2) is 12.4 Å². The fraction of sp³-hybridized carbons (Fsp3) is 0.533. The highest BCUT2D eigenvalue weighted by Gasteiger charge is 2.24. The molecule has 0 atom stereocenters. The van der Waals surface area contributed by atoms with E-state index >= 15 is 0 Å². The molecule has 0 radical (unpaired) electrons. The molecule has 1 saturated carbocycles. The molecule has 0 amide bonds. The zero-order valence-corrected chi connectivity index (χ0v) is 12.4. The maximum atomic E-state index is 11.5. The van der Waals surface area contributed by atoms with Crippen molar-refractivity contribution in [2.45, 2.75) is 45.1 Å². The number of carbonyl (C=O) groups is 1. The SMILES string of the molecule is Cc1nn(C)cc1-c1nn(C2CCCCC2)cc1C(=O)O. The van der Waals surface area contributed by atoms with E-state index in [0.717, 1.165) is 24.1 Å². The summed E-state index contributed by atoms with van der Waals surface area (Å²) in [4.78, 5) is 11.5. The highest BCUT2D eigenvalue weighted by atomic mass is 16.4. The van der Waals surface area contributed by atoms with E-state index in [4.69, 9.17) is 0 Å². The third-order valence-corrected chi connectivity index (χ3v) is 4.18. The minimum atomic E-state index is -0.935. The van der Waals surface area contributed by atoms with Gasteiger partial charge in [0.1, 0.15) is 11.3 Å². The van der Waals surface area contributed by atoms with Crippen molar-refractivity contribution in [3.05, 3.63) is 23.7 Å². The van der Waals surface area contributed by atoms with Crippen LogP contribution in [0.25, 0.3) is 11.3 Å². The number of hydrogen-bond acceptors (Lipinski definition) is 3. The fourth-order valence-corrected chi connectivity index (χ4v) is 3.11. The molecule has 2 aromatic heterocycles. The van der Waals surface area contributed by atoms with Crippen molar-refractivity contribution in [3.63, 3.8) is 0 Å². The number of aryl methyl sites for hydroxylation is 2. The van der Waals surface area contributed by atoms with E-state index in [1.807, 2.05) is 24.9 Å². The van der Waals surface area contributed by atoms with Gasteiger partial charge in [0.05, 0.1) is 11.7 Å².